The summed E-state index contributed by atoms with van der Waals surface area (Å²) in [7, 11) is 0. The minimum Gasteiger partial charge on any atom is -0.368 e. The Morgan fingerprint density at radius 3 is 2.06 bits per heavy atom. The minimum absolute atomic E-state index is 0.00561. The van der Waals surface area contributed by atoms with Crippen molar-refractivity contribution in [1.29, 1.82) is 0 Å². The maximum Gasteiger partial charge on any atom is 0.251 e. The molecule has 1 saturated heterocycles. The minimum atomic E-state index is -0.240. The highest BCUT2D eigenvalue weighted by atomic mass is 16.2. The first-order valence-corrected chi connectivity index (χ1v) is 10.5. The maximum atomic E-state index is 12.5. The number of anilines is 1. The van der Waals surface area contributed by atoms with Crippen molar-refractivity contribution in [2.75, 3.05) is 37.6 Å². The van der Waals surface area contributed by atoms with E-state index in [9.17, 15) is 9.59 Å². The predicted molar refractivity (Wildman–Crippen MR) is 121 cm³/mol. The summed E-state index contributed by atoms with van der Waals surface area (Å²) in [5.74, 6) is -0.297. The summed E-state index contributed by atoms with van der Waals surface area (Å²) in [5.41, 5.74) is 4.96. The van der Waals surface area contributed by atoms with Crippen molar-refractivity contribution in [1.82, 2.24) is 19.8 Å². The summed E-state index contributed by atoms with van der Waals surface area (Å²) in [6, 6.07) is 15.5. The number of nitrogens with one attached hydrogen (secondary N) is 1. The summed E-state index contributed by atoms with van der Waals surface area (Å²) < 4.78 is 2.14. The molecule has 0 radical (unpaired) electrons. The number of carbonyl (C=O) groups is 2. The summed E-state index contributed by atoms with van der Waals surface area (Å²) >= 11 is 0. The van der Waals surface area contributed by atoms with E-state index in [0.29, 0.717) is 18.7 Å². The van der Waals surface area contributed by atoms with Gasteiger partial charge in [-0.15, -0.1) is 0 Å². The number of piperazine rings is 1. The van der Waals surface area contributed by atoms with E-state index in [4.69, 9.17) is 0 Å². The molecule has 1 aromatic carbocycles. The monoisotopic (exact) mass is 417 g/mol. The molecular weight excluding hydrogens is 390 g/mol. The molecule has 0 bridgehead atoms. The number of hydrogen-bond donors (Lipinski definition) is 1. The van der Waals surface area contributed by atoms with Crippen LogP contribution < -0.4 is 10.2 Å². The maximum absolute atomic E-state index is 12.5. The molecule has 31 heavy (non-hydrogen) atoms. The van der Waals surface area contributed by atoms with Crippen molar-refractivity contribution in [3.05, 3.63) is 77.9 Å². The average Bonchev–Trinajstić information content (AvgIpc) is 3.16. The molecule has 2 aromatic heterocycles. The first-order chi connectivity index (χ1) is 15.0. The van der Waals surface area contributed by atoms with Gasteiger partial charge in [0.05, 0.1) is 6.54 Å². The van der Waals surface area contributed by atoms with Gasteiger partial charge in [-0.05, 0) is 62.4 Å². The van der Waals surface area contributed by atoms with Crippen LogP contribution in [0.3, 0.4) is 0 Å². The number of nitrogens with zero attached hydrogens (tertiary/aromatic N) is 4. The van der Waals surface area contributed by atoms with Crippen molar-refractivity contribution in [2.24, 2.45) is 0 Å². The Hall–Kier alpha value is -3.61. The highest BCUT2D eigenvalue weighted by Crippen LogP contribution is 2.17. The fourth-order valence-electron chi connectivity index (χ4n) is 3.98. The zero-order chi connectivity index (χ0) is 21.8. The second kappa shape index (κ2) is 9.04. The van der Waals surface area contributed by atoms with Gasteiger partial charge >= 0.3 is 0 Å². The molecule has 0 atom stereocenters. The molecule has 1 N–H and O–H groups in total. The Morgan fingerprint density at radius 2 is 1.45 bits per heavy atom. The molecule has 160 valence electrons. The lowest BCUT2D eigenvalue weighted by Crippen LogP contribution is -2.51. The van der Waals surface area contributed by atoms with Crippen LogP contribution in [-0.4, -0.2) is 59.0 Å². The lowest BCUT2D eigenvalue weighted by Gasteiger charge is -2.36. The smallest absolute Gasteiger partial charge is 0.251 e. The number of carbonyl (C=O) groups excluding carboxylic acids is 2. The van der Waals surface area contributed by atoms with Crippen LogP contribution in [0.1, 0.15) is 21.7 Å². The van der Waals surface area contributed by atoms with E-state index in [1.165, 1.54) is 0 Å². The van der Waals surface area contributed by atoms with Crippen LogP contribution in [0.15, 0.2) is 60.9 Å². The van der Waals surface area contributed by atoms with Crippen molar-refractivity contribution in [3.63, 3.8) is 0 Å². The van der Waals surface area contributed by atoms with Crippen LogP contribution in [0.4, 0.5) is 5.69 Å². The molecule has 1 aliphatic rings. The normalized spacial score (nSPS) is 13.9. The molecule has 3 heterocycles. The molecule has 0 saturated carbocycles. The van der Waals surface area contributed by atoms with Gasteiger partial charge in [-0.1, -0.05) is 0 Å². The Morgan fingerprint density at radius 1 is 0.839 bits per heavy atom. The second-order valence-corrected chi connectivity index (χ2v) is 7.75. The van der Waals surface area contributed by atoms with Gasteiger partial charge in [-0.3, -0.25) is 14.6 Å². The van der Waals surface area contributed by atoms with Gasteiger partial charge in [0.1, 0.15) is 0 Å². The number of hydrogen-bond acceptors (Lipinski definition) is 4. The van der Waals surface area contributed by atoms with Gasteiger partial charge in [0.15, 0.2) is 0 Å². The van der Waals surface area contributed by atoms with Gasteiger partial charge in [-0.25, -0.2) is 0 Å². The number of aryl methyl sites for hydroxylation is 2. The van der Waals surface area contributed by atoms with E-state index in [-0.39, 0.29) is 18.4 Å². The average molecular weight is 418 g/mol. The first-order valence-electron chi connectivity index (χ1n) is 10.5. The SMILES string of the molecule is Cc1ccc(C)n1-c1ccc(C(=O)NCC(=O)N2CCN(c3ccncc3)CC2)cc1. The zero-order valence-corrected chi connectivity index (χ0v) is 17.9. The number of aromatic nitrogens is 2. The van der Waals surface area contributed by atoms with Gasteiger partial charge < -0.3 is 19.7 Å². The summed E-state index contributed by atoms with van der Waals surface area (Å²) in [6.45, 7) is 6.92. The second-order valence-electron chi connectivity index (χ2n) is 7.75. The summed E-state index contributed by atoms with van der Waals surface area (Å²) in [4.78, 5) is 33.1. The van der Waals surface area contributed by atoms with E-state index in [2.05, 4.69) is 45.7 Å². The van der Waals surface area contributed by atoms with E-state index >= 15 is 0 Å². The topological polar surface area (TPSA) is 70.5 Å². The lowest BCUT2D eigenvalue weighted by atomic mass is 10.2. The highest BCUT2D eigenvalue weighted by Gasteiger charge is 2.21. The van der Waals surface area contributed by atoms with E-state index < -0.39 is 0 Å². The highest BCUT2D eigenvalue weighted by molar-refractivity contribution is 5.96. The van der Waals surface area contributed by atoms with Crippen molar-refractivity contribution in [2.45, 2.75) is 13.8 Å². The predicted octanol–water partition coefficient (Wildman–Crippen LogP) is 2.57. The fourth-order valence-corrected chi connectivity index (χ4v) is 3.98. The van der Waals surface area contributed by atoms with Crippen molar-refractivity contribution < 1.29 is 9.59 Å². The number of amides is 2. The van der Waals surface area contributed by atoms with Gasteiger partial charge in [0.25, 0.3) is 5.91 Å². The van der Waals surface area contributed by atoms with Crippen LogP contribution in [0.25, 0.3) is 5.69 Å². The Labute approximate surface area is 182 Å². The van der Waals surface area contributed by atoms with Gasteiger partial charge in [-0.2, -0.15) is 0 Å². The zero-order valence-electron chi connectivity index (χ0n) is 17.9. The standard InChI is InChI=1S/C24H27N5O2/c1-18-3-4-19(2)29(18)22-7-5-20(6-8-22)24(31)26-17-23(30)28-15-13-27(14-16-28)21-9-11-25-12-10-21/h3-12H,13-17H2,1-2H3,(H,26,31). The van der Waals surface area contributed by atoms with Gasteiger partial charge in [0.2, 0.25) is 5.91 Å². The molecule has 0 aliphatic carbocycles. The molecule has 4 rings (SSSR count). The number of rotatable bonds is 5. The summed E-state index contributed by atoms with van der Waals surface area (Å²) in [5, 5.41) is 2.76. The van der Waals surface area contributed by atoms with Crippen LogP contribution in [-0.2, 0) is 4.79 Å². The Bertz CT molecular complexity index is 1030. The molecule has 3 aromatic rings. The van der Waals surface area contributed by atoms with Crippen LogP contribution in [0, 0.1) is 13.8 Å². The van der Waals surface area contributed by atoms with Crippen molar-refractivity contribution >= 4 is 17.5 Å². The molecule has 2 amide bonds. The molecule has 7 nitrogen and oxygen atoms in total. The van der Waals surface area contributed by atoms with Crippen LogP contribution in [0.2, 0.25) is 0 Å². The molecule has 1 aliphatic heterocycles. The van der Waals surface area contributed by atoms with E-state index in [1.807, 2.05) is 24.3 Å². The third kappa shape index (κ3) is 4.60. The van der Waals surface area contributed by atoms with Crippen molar-refractivity contribution in [3.8, 4) is 5.69 Å². The quantitative estimate of drug-likeness (QED) is 0.693. The first kappa shape index (κ1) is 20.7. The van der Waals surface area contributed by atoms with Crippen LogP contribution >= 0.6 is 0 Å². The molecule has 1 fully saturated rings. The van der Waals surface area contributed by atoms with E-state index in [0.717, 1.165) is 35.9 Å². The Kier molecular flexibility index (Phi) is 6.02. The largest absolute Gasteiger partial charge is 0.368 e. The van der Waals surface area contributed by atoms with Crippen LogP contribution in [0.5, 0.6) is 0 Å². The lowest BCUT2D eigenvalue weighted by molar-refractivity contribution is -0.130. The molecule has 0 spiro atoms. The fraction of sp³-hybridized carbons (Fsp3) is 0.292. The van der Waals surface area contributed by atoms with E-state index in [1.54, 1.807) is 29.4 Å². The third-order valence-electron chi connectivity index (χ3n) is 5.72. The summed E-state index contributed by atoms with van der Waals surface area (Å²) in [6.07, 6.45) is 3.55. The number of pyridine rings is 1. The Balaban J connectivity index is 1.28. The number of benzene rings is 1. The van der Waals surface area contributed by atoms with Gasteiger partial charge in [0, 0.05) is 66.9 Å². The molecule has 0 unspecified atom stereocenters. The molecular formula is C24H27N5O2. The molecule has 7 heteroatoms. The third-order valence-corrected chi connectivity index (χ3v) is 5.72.